The van der Waals surface area contributed by atoms with Crippen molar-refractivity contribution in [2.75, 3.05) is 5.73 Å². The van der Waals surface area contributed by atoms with Gasteiger partial charge < -0.3 is 10.3 Å². The SMILES string of the molecule is Nc1onc(-c2ccc(F)c(Br)c2)c1-c1cccc(Cl)c1. The summed E-state index contributed by atoms with van der Waals surface area (Å²) < 4.78 is 18.8. The largest absolute Gasteiger partial charge is 0.367 e. The minimum atomic E-state index is -0.348. The van der Waals surface area contributed by atoms with Gasteiger partial charge in [0.05, 0.1) is 10.0 Å². The summed E-state index contributed by atoms with van der Waals surface area (Å²) in [6.07, 6.45) is 0. The molecule has 0 aliphatic rings. The molecule has 0 unspecified atom stereocenters. The van der Waals surface area contributed by atoms with E-state index in [9.17, 15) is 4.39 Å². The second-order valence-corrected chi connectivity index (χ2v) is 5.70. The van der Waals surface area contributed by atoms with E-state index in [1.807, 2.05) is 12.1 Å². The number of aromatic nitrogens is 1. The Balaban J connectivity index is 2.19. The molecule has 1 heterocycles. The summed E-state index contributed by atoms with van der Waals surface area (Å²) in [5, 5.41) is 4.56. The summed E-state index contributed by atoms with van der Waals surface area (Å²) in [6, 6.07) is 11.8. The van der Waals surface area contributed by atoms with E-state index in [1.165, 1.54) is 6.07 Å². The first kappa shape index (κ1) is 14.1. The highest BCUT2D eigenvalue weighted by atomic mass is 79.9. The Morgan fingerprint density at radius 2 is 1.95 bits per heavy atom. The van der Waals surface area contributed by atoms with Crippen molar-refractivity contribution in [2.24, 2.45) is 0 Å². The maximum atomic E-state index is 13.4. The number of rotatable bonds is 2. The van der Waals surface area contributed by atoms with Crippen LogP contribution in [0.15, 0.2) is 51.5 Å². The van der Waals surface area contributed by atoms with Crippen LogP contribution < -0.4 is 5.73 Å². The van der Waals surface area contributed by atoms with Gasteiger partial charge in [-0.15, -0.1) is 0 Å². The number of anilines is 1. The van der Waals surface area contributed by atoms with Crippen LogP contribution in [0.3, 0.4) is 0 Å². The van der Waals surface area contributed by atoms with Crippen molar-refractivity contribution >= 4 is 33.4 Å². The Kier molecular flexibility index (Phi) is 3.69. The monoisotopic (exact) mass is 366 g/mol. The van der Waals surface area contributed by atoms with Crippen molar-refractivity contribution in [3.8, 4) is 22.4 Å². The van der Waals surface area contributed by atoms with E-state index < -0.39 is 0 Å². The molecule has 106 valence electrons. The molecule has 0 radical (unpaired) electrons. The van der Waals surface area contributed by atoms with Gasteiger partial charge in [0.15, 0.2) is 0 Å². The highest BCUT2D eigenvalue weighted by Crippen LogP contribution is 2.37. The van der Waals surface area contributed by atoms with Gasteiger partial charge in [-0.2, -0.15) is 0 Å². The second-order valence-electron chi connectivity index (χ2n) is 4.41. The topological polar surface area (TPSA) is 52.0 Å². The van der Waals surface area contributed by atoms with Crippen molar-refractivity contribution in [3.63, 3.8) is 0 Å². The number of hydrogen-bond donors (Lipinski definition) is 1. The fourth-order valence-electron chi connectivity index (χ4n) is 2.07. The van der Waals surface area contributed by atoms with Crippen LogP contribution >= 0.6 is 27.5 Å². The van der Waals surface area contributed by atoms with E-state index in [2.05, 4.69) is 21.1 Å². The molecular formula is C15H9BrClFN2O. The minimum Gasteiger partial charge on any atom is -0.367 e. The van der Waals surface area contributed by atoms with E-state index in [1.54, 1.807) is 24.3 Å². The van der Waals surface area contributed by atoms with Crippen molar-refractivity contribution in [3.05, 3.63) is 57.8 Å². The first-order valence-corrected chi connectivity index (χ1v) is 7.20. The van der Waals surface area contributed by atoms with Crippen LogP contribution in [0, 0.1) is 5.82 Å². The van der Waals surface area contributed by atoms with Gasteiger partial charge in [0.25, 0.3) is 0 Å². The Labute approximate surface area is 133 Å². The van der Waals surface area contributed by atoms with Crippen LogP contribution in [0.1, 0.15) is 0 Å². The molecule has 0 spiro atoms. The highest BCUT2D eigenvalue weighted by molar-refractivity contribution is 9.10. The molecule has 6 heteroatoms. The summed E-state index contributed by atoms with van der Waals surface area (Å²) >= 11 is 9.17. The second kappa shape index (κ2) is 5.50. The van der Waals surface area contributed by atoms with E-state index >= 15 is 0 Å². The number of hydrogen-bond acceptors (Lipinski definition) is 3. The highest BCUT2D eigenvalue weighted by Gasteiger charge is 2.18. The number of nitrogens with two attached hydrogens (primary N) is 1. The van der Waals surface area contributed by atoms with Crippen LogP contribution in [0.25, 0.3) is 22.4 Å². The third kappa shape index (κ3) is 2.66. The van der Waals surface area contributed by atoms with E-state index in [0.29, 0.717) is 26.3 Å². The molecule has 21 heavy (non-hydrogen) atoms. The lowest BCUT2D eigenvalue weighted by molar-refractivity contribution is 0.439. The lowest BCUT2D eigenvalue weighted by atomic mass is 10.0. The van der Waals surface area contributed by atoms with Gasteiger partial charge in [0.2, 0.25) is 5.88 Å². The Morgan fingerprint density at radius 3 is 2.67 bits per heavy atom. The van der Waals surface area contributed by atoms with Crippen LogP contribution in [0.5, 0.6) is 0 Å². The molecule has 0 saturated heterocycles. The number of halogens is 3. The minimum absolute atomic E-state index is 0.188. The van der Waals surface area contributed by atoms with E-state index in [4.69, 9.17) is 21.9 Å². The smallest absolute Gasteiger partial charge is 0.230 e. The zero-order valence-corrected chi connectivity index (χ0v) is 13.0. The Hall–Kier alpha value is -1.85. The zero-order valence-electron chi connectivity index (χ0n) is 10.6. The molecule has 0 bridgehead atoms. The quantitative estimate of drug-likeness (QED) is 0.682. The summed E-state index contributed by atoms with van der Waals surface area (Å²) in [5.74, 6) is -0.160. The molecule has 2 N–H and O–H groups in total. The summed E-state index contributed by atoms with van der Waals surface area (Å²) in [5.41, 5.74) is 8.53. The first-order chi connectivity index (χ1) is 10.1. The van der Waals surface area contributed by atoms with E-state index in [-0.39, 0.29) is 11.7 Å². The van der Waals surface area contributed by atoms with Crippen molar-refractivity contribution in [2.45, 2.75) is 0 Å². The average molecular weight is 368 g/mol. The predicted octanol–water partition coefficient (Wildman–Crippen LogP) is 5.15. The zero-order chi connectivity index (χ0) is 15.0. The van der Waals surface area contributed by atoms with Crippen LogP contribution in [0.2, 0.25) is 5.02 Å². The predicted molar refractivity (Wildman–Crippen MR) is 84.5 cm³/mol. The van der Waals surface area contributed by atoms with Crippen LogP contribution in [-0.4, -0.2) is 5.16 Å². The molecule has 0 saturated carbocycles. The molecule has 0 aliphatic heterocycles. The number of benzene rings is 2. The molecule has 1 aromatic heterocycles. The maximum absolute atomic E-state index is 13.4. The van der Waals surface area contributed by atoms with Gasteiger partial charge in [0, 0.05) is 10.6 Å². The molecule has 3 aromatic rings. The van der Waals surface area contributed by atoms with Crippen molar-refractivity contribution in [1.82, 2.24) is 5.16 Å². The van der Waals surface area contributed by atoms with E-state index in [0.717, 1.165) is 5.56 Å². The van der Waals surface area contributed by atoms with Gasteiger partial charge in [0.1, 0.15) is 11.5 Å². The molecule has 3 rings (SSSR count). The molecular weight excluding hydrogens is 359 g/mol. The normalized spacial score (nSPS) is 10.8. The Morgan fingerprint density at radius 1 is 1.14 bits per heavy atom. The van der Waals surface area contributed by atoms with Crippen molar-refractivity contribution < 1.29 is 8.91 Å². The summed E-state index contributed by atoms with van der Waals surface area (Å²) in [6.45, 7) is 0. The van der Waals surface area contributed by atoms with Gasteiger partial charge >= 0.3 is 0 Å². The van der Waals surface area contributed by atoms with Gasteiger partial charge in [-0.05, 0) is 51.8 Å². The fraction of sp³-hybridized carbons (Fsp3) is 0. The average Bonchev–Trinajstić information content (AvgIpc) is 2.84. The first-order valence-electron chi connectivity index (χ1n) is 6.03. The maximum Gasteiger partial charge on any atom is 0.230 e. The third-order valence-electron chi connectivity index (χ3n) is 3.02. The molecule has 0 atom stereocenters. The van der Waals surface area contributed by atoms with Gasteiger partial charge in [-0.1, -0.05) is 28.9 Å². The lowest BCUT2D eigenvalue weighted by Crippen LogP contribution is -1.88. The number of nitrogens with zero attached hydrogens (tertiary/aromatic N) is 1. The summed E-state index contributed by atoms with van der Waals surface area (Å²) in [4.78, 5) is 0. The Bertz CT molecular complexity index is 819. The standard InChI is InChI=1S/C15H9BrClFN2O/c16-11-7-9(4-5-12(11)18)14-13(15(19)21-20-14)8-2-1-3-10(17)6-8/h1-7H,19H2. The lowest BCUT2D eigenvalue weighted by Gasteiger charge is -2.04. The van der Waals surface area contributed by atoms with Crippen molar-refractivity contribution in [1.29, 1.82) is 0 Å². The van der Waals surface area contributed by atoms with Gasteiger partial charge in [-0.3, -0.25) is 0 Å². The fourth-order valence-corrected chi connectivity index (χ4v) is 2.64. The molecule has 0 aliphatic carbocycles. The summed E-state index contributed by atoms with van der Waals surface area (Å²) in [7, 11) is 0. The number of nitrogen functional groups attached to an aromatic ring is 1. The molecule has 0 fully saturated rings. The molecule has 0 amide bonds. The third-order valence-corrected chi connectivity index (χ3v) is 3.87. The molecule has 3 nitrogen and oxygen atoms in total. The van der Waals surface area contributed by atoms with Crippen LogP contribution in [0.4, 0.5) is 10.3 Å². The molecule has 2 aromatic carbocycles. The van der Waals surface area contributed by atoms with Gasteiger partial charge in [-0.25, -0.2) is 4.39 Å². The van der Waals surface area contributed by atoms with Crippen LogP contribution in [-0.2, 0) is 0 Å².